The van der Waals surface area contributed by atoms with Gasteiger partial charge in [-0.25, -0.2) is 4.98 Å². The van der Waals surface area contributed by atoms with E-state index in [0.29, 0.717) is 34.3 Å². The van der Waals surface area contributed by atoms with Crippen molar-refractivity contribution in [3.05, 3.63) is 52.7 Å². The minimum atomic E-state index is -0.517. The van der Waals surface area contributed by atoms with E-state index in [1.165, 1.54) is 0 Å². The Morgan fingerprint density at radius 2 is 1.86 bits per heavy atom. The number of anilines is 2. The van der Waals surface area contributed by atoms with Crippen LogP contribution in [0.15, 0.2) is 30.5 Å². The van der Waals surface area contributed by atoms with Gasteiger partial charge < -0.3 is 21.3 Å². The van der Waals surface area contributed by atoms with Gasteiger partial charge >= 0.3 is 0 Å². The van der Waals surface area contributed by atoms with E-state index in [1.807, 2.05) is 32.9 Å². The number of primary amides is 1. The lowest BCUT2D eigenvalue weighted by atomic mass is 9.92. The number of aryl methyl sites for hydroxylation is 1. The maximum atomic E-state index is 13.3. The van der Waals surface area contributed by atoms with Gasteiger partial charge in [-0.15, -0.1) is 0 Å². The van der Waals surface area contributed by atoms with Crippen LogP contribution in [0.4, 0.5) is 11.5 Å². The fourth-order valence-electron chi connectivity index (χ4n) is 6.02. The molecule has 1 saturated heterocycles. The highest BCUT2D eigenvalue weighted by molar-refractivity contribution is 6.03. The van der Waals surface area contributed by atoms with Crippen LogP contribution in [0.1, 0.15) is 89.0 Å². The molecule has 196 valence electrons. The second-order valence-electron chi connectivity index (χ2n) is 11.2. The van der Waals surface area contributed by atoms with Crippen molar-refractivity contribution in [2.75, 3.05) is 16.8 Å². The molecule has 5 rings (SSSR count). The number of nitrogens with one attached hydrogen (secondary N) is 2. The molecule has 3 aliphatic rings. The molecule has 0 radical (unpaired) electrons. The molecule has 2 aliphatic carbocycles. The first-order valence-corrected chi connectivity index (χ1v) is 13.5. The summed E-state index contributed by atoms with van der Waals surface area (Å²) in [6, 6.07) is 7.81. The number of nitrogens with two attached hydrogens (primary N) is 1. The van der Waals surface area contributed by atoms with Crippen molar-refractivity contribution in [3.63, 3.8) is 0 Å². The second-order valence-corrected chi connectivity index (χ2v) is 11.2. The van der Waals surface area contributed by atoms with Crippen LogP contribution in [-0.4, -0.2) is 47.3 Å². The van der Waals surface area contributed by atoms with Crippen LogP contribution in [-0.2, 0) is 0 Å². The van der Waals surface area contributed by atoms with E-state index in [4.69, 9.17) is 5.73 Å². The Balaban J connectivity index is 1.29. The summed E-state index contributed by atoms with van der Waals surface area (Å²) in [5.74, 6) is 1.17. The lowest BCUT2D eigenvalue weighted by molar-refractivity contribution is 0.0933. The van der Waals surface area contributed by atoms with Crippen LogP contribution >= 0.6 is 0 Å². The zero-order chi connectivity index (χ0) is 26.3. The van der Waals surface area contributed by atoms with Gasteiger partial charge in [0, 0.05) is 53.6 Å². The van der Waals surface area contributed by atoms with Crippen LogP contribution in [0.3, 0.4) is 0 Å². The van der Waals surface area contributed by atoms with E-state index in [2.05, 4.69) is 20.5 Å². The normalized spacial score (nSPS) is 23.0. The van der Waals surface area contributed by atoms with E-state index >= 15 is 0 Å². The van der Waals surface area contributed by atoms with Crippen molar-refractivity contribution >= 4 is 29.1 Å². The predicted octanol–water partition coefficient (Wildman–Crippen LogP) is 4.08. The average molecular weight is 504 g/mol. The molecule has 2 aromatic rings. The molecule has 37 heavy (non-hydrogen) atoms. The SMILES string of the molecule is Cc1cc(C(N)=O)c(NC(C)C)cc1C(=O)NC1CC2CCCN(c3ccc(C(=O)C4CC4)cn3)C2C1. The molecule has 4 N–H and O–H groups in total. The first kappa shape index (κ1) is 25.2. The van der Waals surface area contributed by atoms with Crippen LogP contribution in [0.25, 0.3) is 0 Å². The molecule has 8 nitrogen and oxygen atoms in total. The number of ketones is 1. The number of pyridine rings is 1. The van der Waals surface area contributed by atoms with E-state index in [0.717, 1.165) is 56.5 Å². The largest absolute Gasteiger partial charge is 0.382 e. The number of carbonyl (C=O) groups excluding carboxylic acids is 3. The summed E-state index contributed by atoms with van der Waals surface area (Å²) < 4.78 is 0. The van der Waals surface area contributed by atoms with E-state index < -0.39 is 5.91 Å². The number of hydrogen-bond donors (Lipinski definition) is 3. The maximum Gasteiger partial charge on any atom is 0.251 e. The summed E-state index contributed by atoms with van der Waals surface area (Å²) in [5.41, 5.74) is 8.54. The van der Waals surface area contributed by atoms with Gasteiger partial charge in [0.25, 0.3) is 11.8 Å². The van der Waals surface area contributed by atoms with Crippen molar-refractivity contribution in [1.82, 2.24) is 10.3 Å². The van der Waals surface area contributed by atoms with Gasteiger partial charge in [-0.1, -0.05) is 0 Å². The number of nitrogens with zero attached hydrogens (tertiary/aromatic N) is 2. The Kier molecular flexibility index (Phi) is 6.92. The number of piperidine rings is 1. The van der Waals surface area contributed by atoms with Gasteiger partial charge in [-0.2, -0.15) is 0 Å². The van der Waals surface area contributed by atoms with Gasteiger partial charge in [0.15, 0.2) is 5.78 Å². The minimum Gasteiger partial charge on any atom is -0.382 e. The third kappa shape index (κ3) is 5.33. The highest BCUT2D eigenvalue weighted by Crippen LogP contribution is 2.39. The molecule has 3 atom stereocenters. The highest BCUT2D eigenvalue weighted by atomic mass is 16.2. The second kappa shape index (κ2) is 10.1. The number of aromatic nitrogens is 1. The fourth-order valence-corrected chi connectivity index (χ4v) is 6.02. The number of carbonyl (C=O) groups is 3. The summed E-state index contributed by atoms with van der Waals surface area (Å²) in [5, 5.41) is 6.50. The molecule has 8 heteroatoms. The van der Waals surface area contributed by atoms with Crippen molar-refractivity contribution in [3.8, 4) is 0 Å². The first-order chi connectivity index (χ1) is 17.7. The van der Waals surface area contributed by atoms with Gasteiger partial charge in [-0.3, -0.25) is 14.4 Å². The van der Waals surface area contributed by atoms with Crippen LogP contribution in [0, 0.1) is 18.8 Å². The number of fused-ring (bicyclic) bond motifs is 1. The standard InChI is InChI=1S/C29H37N5O3/c1-16(2)32-24-14-22(17(3)11-23(24)28(30)36)29(37)33-21-12-19-5-4-10-34(25(19)13-21)26-9-8-20(15-31-26)27(35)18-6-7-18/h8-9,11,14-16,18-19,21,25,32H,4-7,10,12-13H2,1-3H3,(H2,30,36)(H,33,37). The molecule has 1 aromatic carbocycles. The molecule has 2 saturated carbocycles. The number of benzene rings is 1. The highest BCUT2D eigenvalue weighted by Gasteiger charge is 2.41. The van der Waals surface area contributed by atoms with Crippen molar-refractivity contribution in [1.29, 1.82) is 0 Å². The molecule has 0 spiro atoms. The molecular formula is C29H37N5O3. The molecule has 2 heterocycles. The lowest BCUT2D eigenvalue weighted by Crippen LogP contribution is -2.43. The number of Topliss-reactive ketones (excluding diaryl/α,β-unsaturated/α-hetero) is 1. The number of hydrogen-bond acceptors (Lipinski definition) is 6. The Morgan fingerprint density at radius 3 is 2.51 bits per heavy atom. The lowest BCUT2D eigenvalue weighted by Gasteiger charge is -2.38. The zero-order valence-corrected chi connectivity index (χ0v) is 21.9. The van der Waals surface area contributed by atoms with Gasteiger partial charge in [0.2, 0.25) is 0 Å². The van der Waals surface area contributed by atoms with Gasteiger partial charge in [0.1, 0.15) is 5.82 Å². The molecule has 3 unspecified atom stereocenters. The van der Waals surface area contributed by atoms with E-state index in [9.17, 15) is 14.4 Å². The molecular weight excluding hydrogens is 466 g/mol. The summed E-state index contributed by atoms with van der Waals surface area (Å²) in [6.07, 6.45) is 7.73. The maximum absolute atomic E-state index is 13.3. The Labute approximate surface area is 218 Å². The van der Waals surface area contributed by atoms with E-state index in [1.54, 1.807) is 18.3 Å². The predicted molar refractivity (Wildman–Crippen MR) is 144 cm³/mol. The fraction of sp³-hybridized carbons (Fsp3) is 0.517. The number of rotatable bonds is 8. The Morgan fingerprint density at radius 1 is 1.08 bits per heavy atom. The van der Waals surface area contributed by atoms with Crippen molar-refractivity contribution in [2.24, 2.45) is 17.6 Å². The molecule has 2 amide bonds. The molecule has 0 bridgehead atoms. The Hall–Kier alpha value is -3.42. The van der Waals surface area contributed by atoms with Crippen LogP contribution in [0.2, 0.25) is 0 Å². The molecule has 1 aromatic heterocycles. The first-order valence-electron chi connectivity index (χ1n) is 13.5. The quantitative estimate of drug-likeness (QED) is 0.467. The summed E-state index contributed by atoms with van der Waals surface area (Å²) >= 11 is 0. The zero-order valence-electron chi connectivity index (χ0n) is 21.9. The number of amides is 2. The average Bonchev–Trinajstić information content (AvgIpc) is 3.63. The van der Waals surface area contributed by atoms with Crippen molar-refractivity contribution < 1.29 is 14.4 Å². The third-order valence-corrected chi connectivity index (χ3v) is 7.96. The van der Waals surface area contributed by atoms with Crippen LogP contribution in [0.5, 0.6) is 0 Å². The Bertz CT molecular complexity index is 1200. The summed E-state index contributed by atoms with van der Waals surface area (Å²) in [6.45, 7) is 6.72. The van der Waals surface area contributed by atoms with Crippen LogP contribution < -0.4 is 21.3 Å². The third-order valence-electron chi connectivity index (χ3n) is 7.96. The van der Waals surface area contributed by atoms with E-state index in [-0.39, 0.29) is 29.7 Å². The molecule has 1 aliphatic heterocycles. The monoisotopic (exact) mass is 503 g/mol. The van der Waals surface area contributed by atoms with Crippen molar-refractivity contribution in [2.45, 2.75) is 77.4 Å². The topological polar surface area (TPSA) is 117 Å². The smallest absolute Gasteiger partial charge is 0.251 e. The molecule has 3 fully saturated rings. The van der Waals surface area contributed by atoms with Gasteiger partial charge in [0.05, 0.1) is 5.56 Å². The van der Waals surface area contributed by atoms with Gasteiger partial charge in [-0.05, 0) is 95.0 Å². The summed E-state index contributed by atoms with van der Waals surface area (Å²) in [4.78, 5) is 44.7. The minimum absolute atomic E-state index is 0.0653. The summed E-state index contributed by atoms with van der Waals surface area (Å²) in [7, 11) is 0.